The number of hydrogen-bond donors (Lipinski definition) is 3. The van der Waals surface area contributed by atoms with Gasteiger partial charge in [-0.15, -0.1) is 11.3 Å². The van der Waals surface area contributed by atoms with Gasteiger partial charge in [0, 0.05) is 43.3 Å². The normalized spacial score (nSPS) is 14.9. The number of rotatable bonds is 10. The number of piperidine rings is 1. The number of phenolic OH excluding ortho intramolecular Hbond substituents is 1. The van der Waals surface area contributed by atoms with Crippen LogP contribution in [-0.4, -0.2) is 67.1 Å². The van der Waals surface area contributed by atoms with Crippen LogP contribution in [0.4, 0.5) is 5.82 Å². The number of thiazole rings is 1. The molecule has 0 radical (unpaired) electrons. The number of fused-ring (bicyclic) bond motifs is 1. The Kier molecular flexibility index (Phi) is 8.82. The molecule has 11 heteroatoms. The van der Waals surface area contributed by atoms with Gasteiger partial charge in [0.05, 0.1) is 17.3 Å². The van der Waals surface area contributed by atoms with Crippen molar-refractivity contribution in [3.8, 4) is 17.1 Å². The molecule has 3 aromatic heterocycles. The first-order valence-electron chi connectivity index (χ1n) is 14.2. The van der Waals surface area contributed by atoms with Crippen LogP contribution in [0.15, 0.2) is 48.1 Å². The van der Waals surface area contributed by atoms with E-state index < -0.39 is 0 Å². The summed E-state index contributed by atoms with van der Waals surface area (Å²) in [6.07, 6.45) is 7.28. The highest BCUT2D eigenvalue weighted by Gasteiger charge is 2.26. The molecular weight excluding hydrogens is 538 g/mol. The first-order valence-corrected chi connectivity index (χ1v) is 15.1. The van der Waals surface area contributed by atoms with Gasteiger partial charge in [-0.3, -0.25) is 9.59 Å². The molecule has 10 nitrogen and oxygen atoms in total. The molecule has 2 amide bonds. The zero-order valence-corrected chi connectivity index (χ0v) is 24.5. The second-order valence-corrected chi connectivity index (χ2v) is 11.9. The second-order valence-electron chi connectivity index (χ2n) is 11.0. The SMILES string of the molecule is CC(C)[C@@H](C)Nc1cc(C(=O)N2CCC(CCCNC(=O)c3ccccc3O)CC2)nc(-c2cnn3ccsc23)n1. The van der Waals surface area contributed by atoms with Gasteiger partial charge in [0.1, 0.15) is 22.1 Å². The van der Waals surface area contributed by atoms with E-state index in [-0.39, 0.29) is 29.2 Å². The molecule has 4 aromatic rings. The third-order valence-electron chi connectivity index (χ3n) is 7.82. The van der Waals surface area contributed by atoms with E-state index in [0.29, 0.717) is 48.8 Å². The van der Waals surface area contributed by atoms with Gasteiger partial charge in [0.25, 0.3) is 11.8 Å². The molecule has 1 fully saturated rings. The molecule has 0 saturated carbocycles. The van der Waals surface area contributed by atoms with Gasteiger partial charge in [-0.1, -0.05) is 26.0 Å². The summed E-state index contributed by atoms with van der Waals surface area (Å²) < 4.78 is 1.80. The minimum Gasteiger partial charge on any atom is -0.507 e. The van der Waals surface area contributed by atoms with Gasteiger partial charge in [-0.05, 0) is 56.6 Å². The summed E-state index contributed by atoms with van der Waals surface area (Å²) in [5, 5.41) is 22.6. The van der Waals surface area contributed by atoms with Gasteiger partial charge < -0.3 is 20.6 Å². The first-order chi connectivity index (χ1) is 19.8. The van der Waals surface area contributed by atoms with Crippen molar-refractivity contribution in [3.05, 3.63) is 59.4 Å². The van der Waals surface area contributed by atoms with Crippen LogP contribution in [0.2, 0.25) is 0 Å². The summed E-state index contributed by atoms with van der Waals surface area (Å²) in [7, 11) is 0. The predicted molar refractivity (Wildman–Crippen MR) is 160 cm³/mol. The highest BCUT2D eigenvalue weighted by Crippen LogP contribution is 2.28. The van der Waals surface area contributed by atoms with E-state index >= 15 is 0 Å². The monoisotopic (exact) mass is 575 g/mol. The van der Waals surface area contributed by atoms with E-state index in [1.54, 1.807) is 46.3 Å². The standard InChI is InChI=1S/C30H37N7O3S/c1-19(2)20(3)33-26-17-24(34-27(35-26)23-18-32-37-15-16-41-30(23)37)29(40)36-13-10-21(11-14-36)7-6-12-31-28(39)22-8-4-5-9-25(22)38/h4-5,8-9,15-21,38H,6-7,10-14H2,1-3H3,(H,31,39)(H,33,34,35)/t20-/m1/s1. The van der Waals surface area contributed by atoms with Crippen molar-refractivity contribution in [2.45, 2.75) is 52.5 Å². The van der Waals surface area contributed by atoms with Crippen molar-refractivity contribution in [1.82, 2.24) is 29.8 Å². The molecule has 0 bridgehead atoms. The smallest absolute Gasteiger partial charge is 0.272 e. The predicted octanol–water partition coefficient (Wildman–Crippen LogP) is 5.08. The van der Waals surface area contributed by atoms with Crippen molar-refractivity contribution < 1.29 is 14.7 Å². The zero-order chi connectivity index (χ0) is 28.9. The van der Waals surface area contributed by atoms with Crippen LogP contribution in [0, 0.1) is 11.8 Å². The average Bonchev–Trinajstić information content (AvgIpc) is 3.60. The molecule has 41 heavy (non-hydrogen) atoms. The quantitative estimate of drug-likeness (QED) is 0.225. The molecule has 1 saturated heterocycles. The topological polar surface area (TPSA) is 125 Å². The number of likely N-dealkylation sites (tertiary alicyclic amines) is 1. The van der Waals surface area contributed by atoms with Crippen LogP contribution in [-0.2, 0) is 0 Å². The Bertz CT molecular complexity index is 1510. The molecule has 0 unspecified atom stereocenters. The number of hydrogen-bond acceptors (Lipinski definition) is 8. The van der Waals surface area contributed by atoms with Gasteiger partial charge in [0.2, 0.25) is 0 Å². The number of phenols is 1. The number of carbonyl (C=O) groups excluding carboxylic acids is 2. The number of carbonyl (C=O) groups is 2. The van der Waals surface area contributed by atoms with Crippen LogP contribution in [0.25, 0.3) is 16.2 Å². The molecule has 0 aliphatic carbocycles. The highest BCUT2D eigenvalue weighted by molar-refractivity contribution is 7.16. The lowest BCUT2D eigenvalue weighted by atomic mass is 9.92. The summed E-state index contributed by atoms with van der Waals surface area (Å²) in [6.45, 7) is 8.28. The number of anilines is 1. The molecule has 1 aliphatic rings. The third kappa shape index (κ3) is 6.67. The fourth-order valence-electron chi connectivity index (χ4n) is 4.97. The zero-order valence-electron chi connectivity index (χ0n) is 23.7. The maximum atomic E-state index is 13.6. The maximum Gasteiger partial charge on any atom is 0.272 e. The Labute approximate surface area is 243 Å². The summed E-state index contributed by atoms with van der Waals surface area (Å²) in [6, 6.07) is 8.48. The minimum atomic E-state index is -0.264. The van der Waals surface area contributed by atoms with Crippen LogP contribution >= 0.6 is 11.3 Å². The highest BCUT2D eigenvalue weighted by atomic mass is 32.1. The van der Waals surface area contributed by atoms with E-state index in [1.807, 2.05) is 16.5 Å². The lowest BCUT2D eigenvalue weighted by Crippen LogP contribution is -2.39. The number of para-hydroxylation sites is 1. The van der Waals surface area contributed by atoms with E-state index in [4.69, 9.17) is 9.97 Å². The largest absolute Gasteiger partial charge is 0.507 e. The average molecular weight is 576 g/mol. The Hall–Kier alpha value is -3.99. The van der Waals surface area contributed by atoms with E-state index in [1.165, 1.54) is 6.07 Å². The molecule has 5 rings (SSSR count). The number of aromatic nitrogens is 4. The fraction of sp³-hybridized carbons (Fsp3) is 0.433. The summed E-state index contributed by atoms with van der Waals surface area (Å²) in [5.74, 6) is 1.65. The molecule has 1 aromatic carbocycles. The molecule has 3 N–H and O–H groups in total. The lowest BCUT2D eigenvalue weighted by molar-refractivity contribution is 0.0679. The van der Waals surface area contributed by atoms with Crippen LogP contribution < -0.4 is 10.6 Å². The second kappa shape index (κ2) is 12.7. The van der Waals surface area contributed by atoms with Crippen LogP contribution in [0.3, 0.4) is 0 Å². The Balaban J connectivity index is 1.20. The van der Waals surface area contributed by atoms with Crippen molar-refractivity contribution in [1.29, 1.82) is 0 Å². The number of benzene rings is 1. The summed E-state index contributed by atoms with van der Waals surface area (Å²) >= 11 is 1.56. The Morgan fingerprint density at radius 3 is 2.68 bits per heavy atom. The molecule has 1 aliphatic heterocycles. The Morgan fingerprint density at radius 2 is 1.93 bits per heavy atom. The van der Waals surface area contributed by atoms with Crippen LogP contribution in [0.1, 0.15) is 67.3 Å². The van der Waals surface area contributed by atoms with Gasteiger partial charge in [-0.25, -0.2) is 14.5 Å². The maximum absolute atomic E-state index is 13.6. The fourth-order valence-corrected chi connectivity index (χ4v) is 5.76. The number of nitrogens with one attached hydrogen (secondary N) is 2. The van der Waals surface area contributed by atoms with Crippen molar-refractivity contribution in [2.24, 2.45) is 11.8 Å². The molecule has 0 spiro atoms. The van der Waals surface area contributed by atoms with Crippen molar-refractivity contribution in [2.75, 3.05) is 25.0 Å². The van der Waals surface area contributed by atoms with E-state index in [9.17, 15) is 14.7 Å². The molecule has 216 valence electrons. The summed E-state index contributed by atoms with van der Waals surface area (Å²) in [5.41, 5.74) is 1.48. The third-order valence-corrected chi connectivity index (χ3v) is 8.71. The number of nitrogens with zero attached hydrogens (tertiary/aromatic N) is 5. The van der Waals surface area contributed by atoms with E-state index in [2.05, 4.69) is 36.5 Å². The Morgan fingerprint density at radius 1 is 1.15 bits per heavy atom. The van der Waals surface area contributed by atoms with Crippen molar-refractivity contribution >= 4 is 33.8 Å². The number of amides is 2. The molecular formula is C30H37N7O3S. The summed E-state index contributed by atoms with van der Waals surface area (Å²) in [4.78, 5) is 38.2. The molecule has 1 atom stereocenters. The van der Waals surface area contributed by atoms with E-state index in [0.717, 1.165) is 36.1 Å². The van der Waals surface area contributed by atoms with Crippen molar-refractivity contribution in [3.63, 3.8) is 0 Å². The van der Waals surface area contributed by atoms with Gasteiger partial charge in [-0.2, -0.15) is 5.10 Å². The first kappa shape index (κ1) is 28.5. The van der Waals surface area contributed by atoms with Gasteiger partial charge >= 0.3 is 0 Å². The van der Waals surface area contributed by atoms with Gasteiger partial charge in [0.15, 0.2) is 5.82 Å². The number of aromatic hydroxyl groups is 1. The minimum absolute atomic E-state index is 0.0136. The van der Waals surface area contributed by atoms with Crippen LogP contribution in [0.5, 0.6) is 5.75 Å². The lowest BCUT2D eigenvalue weighted by Gasteiger charge is -2.32. The molecule has 4 heterocycles.